The van der Waals surface area contributed by atoms with Crippen LogP contribution in [0.2, 0.25) is 0 Å². The fourth-order valence-corrected chi connectivity index (χ4v) is 12.5. The molecule has 0 unspecified atom stereocenters. The number of aromatic nitrogens is 2. The molecule has 1 aliphatic rings. The van der Waals surface area contributed by atoms with Gasteiger partial charge in [0.25, 0.3) is 0 Å². The Morgan fingerprint density at radius 1 is 0.387 bits per heavy atom. The molecule has 0 saturated heterocycles. The minimum atomic E-state index is -0.0530. The number of anilines is 3. The van der Waals surface area contributed by atoms with E-state index in [4.69, 9.17) is 18.2 Å². The van der Waals surface area contributed by atoms with Crippen LogP contribution in [-0.4, -0.2) is 22.0 Å². The Bertz CT molecular complexity index is 2690. The van der Waals surface area contributed by atoms with Gasteiger partial charge < -0.3 is 14.4 Å². The molecule has 75 heavy (non-hydrogen) atoms. The number of benzene rings is 6. The number of fused-ring (bicyclic) bond motifs is 4. The summed E-state index contributed by atoms with van der Waals surface area (Å²) < 4.78 is 25.0. The van der Waals surface area contributed by atoms with Crippen molar-refractivity contribution in [1.82, 2.24) is 8.75 Å². The summed E-state index contributed by atoms with van der Waals surface area (Å²) in [4.78, 5) is 2.32. The molecule has 6 aromatic carbocycles. The van der Waals surface area contributed by atoms with Crippen molar-refractivity contribution in [1.29, 1.82) is 0 Å². The Balaban J connectivity index is 1.26. The summed E-state index contributed by atoms with van der Waals surface area (Å²) in [7, 11) is 0. The molecule has 1 aliphatic carbocycles. The van der Waals surface area contributed by atoms with Crippen molar-refractivity contribution in [3.63, 3.8) is 0 Å². The van der Waals surface area contributed by atoms with Crippen LogP contribution in [0, 0.1) is 0 Å². The van der Waals surface area contributed by atoms with Gasteiger partial charge in [-0.1, -0.05) is 254 Å². The van der Waals surface area contributed by atoms with Gasteiger partial charge in [-0.3, -0.25) is 0 Å². The van der Waals surface area contributed by atoms with E-state index in [2.05, 4.69) is 160 Å². The second kappa shape index (κ2) is 29.7. The maximum absolute atomic E-state index is 7.32. The SMILES string of the molecule is CCCCCCCCOc1c(OCCCCCCCC)c(-c2ccc3c(c2)C(CCCCCCCC)(CCCCCCCC)c2ccccc2-3)c2nsnc2c1-c1ccc(N(c2ccccc2)c2ccccc2)cc1. The molecule has 0 atom stereocenters. The van der Waals surface area contributed by atoms with E-state index in [-0.39, 0.29) is 5.41 Å². The van der Waals surface area contributed by atoms with Gasteiger partial charge in [0.05, 0.1) is 36.1 Å². The quantitative estimate of drug-likeness (QED) is 0.0371. The molecule has 398 valence electrons. The molecule has 8 rings (SSSR count). The summed E-state index contributed by atoms with van der Waals surface area (Å²) in [5, 5.41) is 0. The fraction of sp³-hybridized carbons (Fsp3) is 0.478. The third-order valence-corrected chi connectivity index (χ3v) is 16.6. The molecule has 0 N–H and O–H groups in total. The molecule has 7 aromatic rings. The minimum absolute atomic E-state index is 0.0530. The lowest BCUT2D eigenvalue weighted by atomic mass is 9.70. The summed E-state index contributed by atoms with van der Waals surface area (Å²) in [6.07, 6.45) is 32.2. The van der Waals surface area contributed by atoms with E-state index in [1.54, 1.807) is 0 Å². The van der Waals surface area contributed by atoms with Crippen molar-refractivity contribution < 1.29 is 9.47 Å². The van der Waals surface area contributed by atoms with Crippen molar-refractivity contribution in [2.24, 2.45) is 0 Å². The van der Waals surface area contributed by atoms with Crippen LogP contribution in [0.25, 0.3) is 44.4 Å². The van der Waals surface area contributed by atoms with Gasteiger partial charge in [0, 0.05) is 22.5 Å². The fourth-order valence-electron chi connectivity index (χ4n) is 12.0. The summed E-state index contributed by atoms with van der Waals surface area (Å²) in [6, 6.07) is 47.1. The van der Waals surface area contributed by atoms with Crippen LogP contribution in [-0.2, 0) is 5.41 Å². The van der Waals surface area contributed by atoms with E-state index in [0.717, 1.165) is 87.5 Å². The van der Waals surface area contributed by atoms with Crippen LogP contribution in [0.15, 0.2) is 127 Å². The molecule has 5 nitrogen and oxygen atoms in total. The molecule has 1 aromatic heterocycles. The van der Waals surface area contributed by atoms with Crippen LogP contribution in [0.1, 0.15) is 206 Å². The van der Waals surface area contributed by atoms with Crippen LogP contribution >= 0.6 is 11.7 Å². The smallest absolute Gasteiger partial charge is 0.172 e. The zero-order valence-corrected chi connectivity index (χ0v) is 47.3. The van der Waals surface area contributed by atoms with E-state index in [0.29, 0.717) is 13.2 Å². The lowest BCUT2D eigenvalue weighted by Gasteiger charge is -2.33. The zero-order chi connectivity index (χ0) is 51.9. The molecule has 0 saturated carbocycles. The Labute approximate surface area is 457 Å². The minimum Gasteiger partial charge on any atom is -0.489 e. The first-order valence-electron chi connectivity index (χ1n) is 30.0. The van der Waals surface area contributed by atoms with Crippen LogP contribution in [0.4, 0.5) is 17.1 Å². The van der Waals surface area contributed by atoms with E-state index < -0.39 is 0 Å². The average molecular weight is 1020 g/mol. The third-order valence-electron chi connectivity index (χ3n) is 16.0. The molecule has 0 spiro atoms. The summed E-state index contributed by atoms with van der Waals surface area (Å²) in [6.45, 7) is 10.5. The average Bonchev–Trinajstić information content (AvgIpc) is 4.07. The molecule has 6 heteroatoms. The van der Waals surface area contributed by atoms with Gasteiger partial charge in [0.15, 0.2) is 11.5 Å². The topological polar surface area (TPSA) is 47.5 Å². The molecular weight excluding hydrogens is 935 g/mol. The Morgan fingerprint density at radius 3 is 1.29 bits per heavy atom. The largest absolute Gasteiger partial charge is 0.489 e. The molecule has 0 radical (unpaired) electrons. The highest BCUT2D eigenvalue weighted by molar-refractivity contribution is 7.00. The lowest BCUT2D eigenvalue weighted by Crippen LogP contribution is -2.25. The first kappa shape index (κ1) is 55.8. The van der Waals surface area contributed by atoms with E-state index in [9.17, 15) is 0 Å². The number of para-hydroxylation sites is 2. The number of ether oxygens (including phenoxy) is 2. The van der Waals surface area contributed by atoms with Gasteiger partial charge in [0.2, 0.25) is 0 Å². The van der Waals surface area contributed by atoms with E-state index >= 15 is 0 Å². The first-order valence-corrected chi connectivity index (χ1v) is 30.7. The first-order chi connectivity index (χ1) is 37.1. The van der Waals surface area contributed by atoms with Crippen LogP contribution in [0.5, 0.6) is 11.5 Å². The van der Waals surface area contributed by atoms with Gasteiger partial charge >= 0.3 is 0 Å². The molecule has 1 heterocycles. The Morgan fingerprint density at radius 2 is 0.787 bits per heavy atom. The highest BCUT2D eigenvalue weighted by Crippen LogP contribution is 2.57. The van der Waals surface area contributed by atoms with E-state index in [1.165, 1.54) is 175 Å². The highest BCUT2D eigenvalue weighted by atomic mass is 32.1. The van der Waals surface area contributed by atoms with Gasteiger partial charge in [-0.15, -0.1) is 0 Å². The van der Waals surface area contributed by atoms with Gasteiger partial charge in [-0.25, -0.2) is 0 Å². The molecule has 0 bridgehead atoms. The second-order valence-corrected chi connectivity index (χ2v) is 22.1. The summed E-state index contributed by atoms with van der Waals surface area (Å²) >= 11 is 1.30. The maximum atomic E-state index is 7.32. The standard InChI is InChI=1S/C69H89N3O2S/c1-5-9-13-17-21-33-49-69(50-34-22-18-14-10-6-2)61-42-32-31-41-59(61)60-48-45-55(53-62(60)69)64-66-65(70-75-71-66)63(67(73-51-35-23-19-15-11-7-3)68(64)74-52-36-24-20-16-12-8-4)54-43-46-58(47-44-54)72(56-37-27-25-28-38-56)57-39-29-26-30-40-57/h25-32,37-48,53H,5-24,33-36,49-52H2,1-4H3. The third kappa shape index (κ3) is 14.1. The van der Waals surface area contributed by atoms with Crippen molar-refractivity contribution >= 4 is 39.8 Å². The Kier molecular flexibility index (Phi) is 22.1. The van der Waals surface area contributed by atoms with Gasteiger partial charge in [0.1, 0.15) is 11.0 Å². The maximum Gasteiger partial charge on any atom is 0.172 e. The van der Waals surface area contributed by atoms with Gasteiger partial charge in [-0.2, -0.15) is 8.75 Å². The number of rotatable bonds is 35. The number of nitrogens with zero attached hydrogens (tertiary/aromatic N) is 3. The summed E-state index contributed by atoms with van der Waals surface area (Å²) in [5.41, 5.74) is 15.0. The number of hydrogen-bond acceptors (Lipinski definition) is 6. The molecule has 0 aliphatic heterocycles. The monoisotopic (exact) mass is 1020 g/mol. The van der Waals surface area contributed by atoms with Crippen LogP contribution in [0.3, 0.4) is 0 Å². The van der Waals surface area contributed by atoms with Crippen molar-refractivity contribution in [3.05, 3.63) is 139 Å². The lowest BCUT2D eigenvalue weighted by molar-refractivity contribution is 0.260. The predicted molar refractivity (Wildman–Crippen MR) is 323 cm³/mol. The second-order valence-electron chi connectivity index (χ2n) is 21.6. The molecule has 0 fully saturated rings. The highest BCUT2D eigenvalue weighted by Gasteiger charge is 2.42. The normalized spacial score (nSPS) is 12.5. The summed E-state index contributed by atoms with van der Waals surface area (Å²) in [5.74, 6) is 1.62. The molecule has 0 amide bonds. The van der Waals surface area contributed by atoms with Crippen molar-refractivity contribution in [3.8, 4) is 44.9 Å². The zero-order valence-electron chi connectivity index (χ0n) is 46.5. The van der Waals surface area contributed by atoms with Crippen LogP contribution < -0.4 is 14.4 Å². The number of hydrogen-bond donors (Lipinski definition) is 0. The Hall–Kier alpha value is -5.46. The predicted octanol–water partition coefficient (Wildman–Crippen LogP) is 21.7. The van der Waals surface area contributed by atoms with E-state index in [1.807, 2.05) is 0 Å². The molecular formula is C69H89N3O2S. The van der Waals surface area contributed by atoms with Crippen molar-refractivity contribution in [2.75, 3.05) is 18.1 Å². The van der Waals surface area contributed by atoms with Crippen molar-refractivity contribution in [2.45, 2.75) is 200 Å². The van der Waals surface area contributed by atoms with Gasteiger partial charge in [-0.05, 0) is 102 Å². The number of unbranched alkanes of at least 4 members (excludes halogenated alkanes) is 20.